The second kappa shape index (κ2) is 5.32. The van der Waals surface area contributed by atoms with Crippen molar-refractivity contribution in [3.63, 3.8) is 0 Å². The summed E-state index contributed by atoms with van der Waals surface area (Å²) in [5.74, 6) is 1.06. The molecule has 0 fully saturated rings. The molecule has 2 aliphatic heterocycles. The Morgan fingerprint density at radius 1 is 1.35 bits per heavy atom. The van der Waals surface area contributed by atoms with Gasteiger partial charge in [-0.05, 0) is 40.3 Å². The second-order valence-electron chi connectivity index (χ2n) is 4.56. The number of allylic oxidation sites excluding steroid dienone is 2. The summed E-state index contributed by atoms with van der Waals surface area (Å²) in [4.78, 5) is 22.0. The summed E-state index contributed by atoms with van der Waals surface area (Å²) in [5, 5.41) is 0. The van der Waals surface area contributed by atoms with Crippen LogP contribution in [-0.2, 0) is 11.3 Å². The molecule has 100 valence electrons. The van der Waals surface area contributed by atoms with Crippen LogP contribution in [0.25, 0.3) is 0 Å². The summed E-state index contributed by atoms with van der Waals surface area (Å²) in [6.07, 6.45) is 5.99. The third-order valence-corrected chi connectivity index (χ3v) is 3.69. The van der Waals surface area contributed by atoms with Crippen molar-refractivity contribution >= 4 is 40.2 Å². The molecule has 0 spiro atoms. The van der Waals surface area contributed by atoms with Gasteiger partial charge in [0.1, 0.15) is 5.84 Å². The lowest BCUT2D eigenvalue weighted by Crippen LogP contribution is -2.24. The molecule has 1 amide bonds. The number of hydrogen-bond acceptors (Lipinski definition) is 2. The van der Waals surface area contributed by atoms with Crippen LogP contribution in [0, 0.1) is 0 Å². The maximum Gasteiger partial charge on any atom is 0.244 e. The van der Waals surface area contributed by atoms with Crippen LogP contribution >= 0.6 is 22.6 Å². The minimum atomic E-state index is -0.238. The molecule has 0 bridgehead atoms. The molecule has 0 radical (unpaired) electrons. The highest BCUT2D eigenvalue weighted by Gasteiger charge is 2.20. The van der Waals surface area contributed by atoms with Gasteiger partial charge >= 0.3 is 0 Å². The molecule has 3 rings (SSSR count). The summed E-state index contributed by atoms with van der Waals surface area (Å²) in [6.45, 7) is 2.17. The van der Waals surface area contributed by atoms with E-state index in [1.807, 2.05) is 42.6 Å². The molecule has 20 heavy (non-hydrogen) atoms. The summed E-state index contributed by atoms with van der Waals surface area (Å²) >= 11 is 2.28. The number of halogens is 1. The zero-order valence-corrected chi connectivity index (χ0v) is 13.0. The number of hydrogen-bond donors (Lipinski definition) is 0. The molecular formula is C15H12IN3O. The smallest absolute Gasteiger partial charge is 0.244 e. The molecule has 0 aromatic heterocycles. The van der Waals surface area contributed by atoms with E-state index >= 15 is 0 Å². The molecule has 2 aliphatic rings. The molecule has 0 aliphatic carbocycles. The number of benzene rings is 1. The van der Waals surface area contributed by atoms with Crippen LogP contribution in [0.4, 0.5) is 0 Å². The quantitative estimate of drug-likeness (QED) is 0.653. The molecule has 2 heterocycles. The highest BCUT2D eigenvalue weighted by atomic mass is 127. The second-order valence-corrected chi connectivity index (χ2v) is 5.80. The van der Waals surface area contributed by atoms with Crippen LogP contribution in [0.2, 0.25) is 0 Å². The van der Waals surface area contributed by atoms with E-state index in [2.05, 4.69) is 37.5 Å². The largest absolute Gasteiger partial charge is 0.327 e. The molecule has 1 aromatic rings. The fourth-order valence-electron chi connectivity index (χ4n) is 2.20. The first-order valence-electron chi connectivity index (χ1n) is 6.22. The van der Waals surface area contributed by atoms with Crippen molar-refractivity contribution in [3.05, 3.63) is 57.3 Å². The molecular weight excluding hydrogens is 365 g/mol. The first kappa shape index (κ1) is 13.2. The van der Waals surface area contributed by atoms with Gasteiger partial charge in [-0.1, -0.05) is 24.3 Å². The third kappa shape index (κ3) is 2.58. The first-order valence-corrected chi connectivity index (χ1v) is 7.29. The zero-order valence-electron chi connectivity index (χ0n) is 10.9. The number of carbonyl (C=O) groups excluding carboxylic acids is 1. The summed E-state index contributed by atoms with van der Waals surface area (Å²) < 4.78 is 1.14. The average Bonchev–Trinajstić information content (AvgIpc) is 2.55. The van der Waals surface area contributed by atoms with Gasteiger partial charge in [0.15, 0.2) is 5.84 Å². The van der Waals surface area contributed by atoms with Crippen LogP contribution in [0.3, 0.4) is 0 Å². The van der Waals surface area contributed by atoms with Crippen molar-refractivity contribution in [2.75, 3.05) is 0 Å². The Kier molecular flexibility index (Phi) is 3.52. The topological polar surface area (TPSA) is 45.0 Å². The van der Waals surface area contributed by atoms with E-state index in [1.54, 1.807) is 0 Å². The lowest BCUT2D eigenvalue weighted by atomic mass is 10.1. The molecule has 5 heteroatoms. The van der Waals surface area contributed by atoms with Gasteiger partial charge in [-0.25, -0.2) is 4.99 Å². The number of amides is 1. The summed E-state index contributed by atoms with van der Waals surface area (Å²) in [5.41, 5.74) is 2.03. The highest BCUT2D eigenvalue weighted by Crippen LogP contribution is 2.23. The van der Waals surface area contributed by atoms with Gasteiger partial charge in [-0.15, -0.1) is 0 Å². The Hall–Kier alpha value is -1.76. The number of fused-ring (bicyclic) bond motifs is 2. The minimum absolute atomic E-state index is 0.238. The van der Waals surface area contributed by atoms with Crippen molar-refractivity contribution in [3.8, 4) is 0 Å². The predicted molar refractivity (Wildman–Crippen MR) is 87.9 cm³/mol. The monoisotopic (exact) mass is 377 g/mol. The SMILES string of the molecule is CC(=O)N=C1N=C2C=CC(I)=CN2Cc2ccccc21. The normalized spacial score (nSPS) is 18.9. The average molecular weight is 377 g/mol. The molecule has 0 N–H and O–H groups in total. The standard InChI is InChI=1S/C15H12IN3O/c1-10(20)17-15-13-5-3-2-4-11(13)8-19-9-12(16)6-7-14(19)18-15/h2-7,9H,8H2,1H3. The maximum absolute atomic E-state index is 11.3. The Balaban J connectivity index is 2.17. The van der Waals surface area contributed by atoms with Crippen molar-refractivity contribution in [1.29, 1.82) is 0 Å². The van der Waals surface area contributed by atoms with E-state index in [0.29, 0.717) is 5.84 Å². The number of amidine groups is 2. The van der Waals surface area contributed by atoms with Gasteiger partial charge in [-0.2, -0.15) is 4.99 Å². The number of rotatable bonds is 0. The molecule has 0 unspecified atom stereocenters. The van der Waals surface area contributed by atoms with E-state index in [9.17, 15) is 4.79 Å². The molecule has 0 atom stereocenters. The Bertz CT molecular complexity index is 701. The Labute approximate surface area is 130 Å². The molecule has 0 saturated carbocycles. The van der Waals surface area contributed by atoms with Gasteiger partial charge < -0.3 is 4.90 Å². The van der Waals surface area contributed by atoms with Crippen molar-refractivity contribution in [2.24, 2.45) is 9.98 Å². The maximum atomic E-state index is 11.3. The lowest BCUT2D eigenvalue weighted by molar-refractivity contribution is -0.115. The van der Waals surface area contributed by atoms with Gasteiger partial charge in [0, 0.05) is 28.8 Å². The van der Waals surface area contributed by atoms with Gasteiger partial charge in [-0.3, -0.25) is 4.79 Å². The zero-order chi connectivity index (χ0) is 14.1. The van der Waals surface area contributed by atoms with E-state index in [-0.39, 0.29) is 5.91 Å². The van der Waals surface area contributed by atoms with E-state index < -0.39 is 0 Å². The fourth-order valence-corrected chi connectivity index (χ4v) is 2.72. The fraction of sp³-hybridized carbons (Fsp3) is 0.133. The van der Waals surface area contributed by atoms with Crippen molar-refractivity contribution in [2.45, 2.75) is 13.5 Å². The van der Waals surface area contributed by atoms with E-state index in [1.165, 1.54) is 6.92 Å². The van der Waals surface area contributed by atoms with Crippen LogP contribution in [0.15, 0.2) is 56.2 Å². The Morgan fingerprint density at radius 2 is 2.15 bits per heavy atom. The minimum Gasteiger partial charge on any atom is -0.327 e. The van der Waals surface area contributed by atoms with Crippen molar-refractivity contribution < 1.29 is 4.79 Å². The third-order valence-electron chi connectivity index (χ3n) is 3.05. The summed E-state index contributed by atoms with van der Waals surface area (Å²) in [6, 6.07) is 7.93. The lowest BCUT2D eigenvalue weighted by Gasteiger charge is -2.21. The molecule has 0 saturated heterocycles. The number of nitrogens with zero attached hydrogens (tertiary/aromatic N) is 3. The van der Waals surface area contributed by atoms with E-state index in [4.69, 9.17) is 0 Å². The van der Waals surface area contributed by atoms with Crippen LogP contribution in [0.5, 0.6) is 0 Å². The summed E-state index contributed by atoms with van der Waals surface area (Å²) in [7, 11) is 0. The van der Waals surface area contributed by atoms with Gasteiger partial charge in [0.05, 0.1) is 0 Å². The van der Waals surface area contributed by atoms with Crippen LogP contribution < -0.4 is 0 Å². The number of aliphatic imine (C=N–C) groups is 2. The molecule has 4 nitrogen and oxygen atoms in total. The van der Waals surface area contributed by atoms with Crippen molar-refractivity contribution in [1.82, 2.24) is 4.90 Å². The van der Waals surface area contributed by atoms with Crippen LogP contribution in [-0.4, -0.2) is 22.5 Å². The van der Waals surface area contributed by atoms with Crippen LogP contribution in [0.1, 0.15) is 18.1 Å². The van der Waals surface area contributed by atoms with Gasteiger partial charge in [0.25, 0.3) is 0 Å². The van der Waals surface area contributed by atoms with E-state index in [0.717, 1.165) is 27.1 Å². The van der Waals surface area contributed by atoms with Gasteiger partial charge in [0.2, 0.25) is 5.91 Å². The highest BCUT2D eigenvalue weighted by molar-refractivity contribution is 14.1. The Morgan fingerprint density at radius 3 is 2.95 bits per heavy atom. The first-order chi connectivity index (χ1) is 9.63. The predicted octanol–water partition coefficient (Wildman–Crippen LogP) is 3.04. The number of carbonyl (C=O) groups is 1. The molecule has 1 aromatic carbocycles.